The molecule has 0 spiro atoms. The first-order valence-electron chi connectivity index (χ1n) is 3.61. The van der Waals surface area contributed by atoms with Crippen LogP contribution in [0.4, 0.5) is 4.39 Å². The minimum absolute atomic E-state index is 0.193. The van der Waals surface area contributed by atoms with Gasteiger partial charge in [0.05, 0.1) is 0 Å². The van der Waals surface area contributed by atoms with E-state index in [0.29, 0.717) is 5.56 Å². The molecule has 0 unspecified atom stereocenters. The molecule has 0 fully saturated rings. The molecule has 0 aliphatic rings. The third kappa shape index (κ3) is 2.42. The highest BCUT2D eigenvalue weighted by molar-refractivity contribution is 6.55. The number of halogens is 3. The molecular formula is C9H7Cl2FO. The monoisotopic (exact) mass is 220 g/mol. The highest BCUT2D eigenvalue weighted by Crippen LogP contribution is 2.15. The lowest BCUT2D eigenvalue weighted by atomic mass is 10.1. The summed E-state index contributed by atoms with van der Waals surface area (Å²) in [6.07, 6.45) is 0. The fourth-order valence-corrected chi connectivity index (χ4v) is 1.12. The molecule has 1 nitrogen and oxygen atoms in total. The minimum Gasteiger partial charge on any atom is -0.291 e. The van der Waals surface area contributed by atoms with Gasteiger partial charge in [0.15, 0.2) is 10.6 Å². The van der Waals surface area contributed by atoms with E-state index in [1.54, 1.807) is 6.92 Å². The van der Waals surface area contributed by atoms with E-state index < -0.39 is 16.4 Å². The number of rotatable bonds is 2. The van der Waals surface area contributed by atoms with Crippen molar-refractivity contribution in [2.24, 2.45) is 0 Å². The smallest absolute Gasteiger partial charge is 0.195 e. The average Bonchev–Trinajstić information content (AvgIpc) is 2.08. The number of benzene rings is 1. The Morgan fingerprint density at radius 2 is 2.08 bits per heavy atom. The van der Waals surface area contributed by atoms with Gasteiger partial charge in [-0.25, -0.2) is 4.39 Å². The molecule has 0 bridgehead atoms. The van der Waals surface area contributed by atoms with Crippen LogP contribution in [0.25, 0.3) is 0 Å². The van der Waals surface area contributed by atoms with Crippen molar-refractivity contribution in [3.63, 3.8) is 0 Å². The molecular weight excluding hydrogens is 214 g/mol. The normalized spacial score (nSPS) is 10.5. The summed E-state index contributed by atoms with van der Waals surface area (Å²) in [5.74, 6) is -0.915. The van der Waals surface area contributed by atoms with E-state index >= 15 is 0 Å². The molecule has 0 saturated carbocycles. The number of hydrogen-bond donors (Lipinski definition) is 0. The van der Waals surface area contributed by atoms with E-state index in [2.05, 4.69) is 0 Å². The van der Waals surface area contributed by atoms with Crippen LogP contribution in [0, 0.1) is 12.7 Å². The molecule has 0 aliphatic carbocycles. The summed E-state index contributed by atoms with van der Waals surface area (Å²) in [7, 11) is 0. The number of alkyl halides is 2. The van der Waals surface area contributed by atoms with Gasteiger partial charge in [-0.1, -0.05) is 35.3 Å². The second-order valence-electron chi connectivity index (χ2n) is 2.63. The van der Waals surface area contributed by atoms with Crippen LogP contribution in [0.3, 0.4) is 0 Å². The number of hydrogen-bond acceptors (Lipinski definition) is 1. The minimum atomic E-state index is -1.14. The standard InChI is InChI=1S/C9H7Cl2FO/c1-5-2-3-6(4-7(5)12)8(13)9(10)11/h2-4,9H,1H3. The molecule has 4 heteroatoms. The van der Waals surface area contributed by atoms with Crippen LogP contribution in [-0.4, -0.2) is 10.6 Å². The van der Waals surface area contributed by atoms with Crippen molar-refractivity contribution in [3.8, 4) is 0 Å². The van der Waals surface area contributed by atoms with Gasteiger partial charge < -0.3 is 0 Å². The lowest BCUT2D eigenvalue weighted by Crippen LogP contribution is -2.08. The number of carbonyl (C=O) groups excluding carboxylic acids is 1. The zero-order valence-electron chi connectivity index (χ0n) is 6.85. The topological polar surface area (TPSA) is 17.1 Å². The Bertz CT molecular complexity index is 336. The van der Waals surface area contributed by atoms with Crippen LogP contribution < -0.4 is 0 Å². The van der Waals surface area contributed by atoms with E-state index in [-0.39, 0.29) is 5.56 Å². The highest BCUT2D eigenvalue weighted by atomic mass is 35.5. The van der Waals surface area contributed by atoms with Crippen molar-refractivity contribution in [2.45, 2.75) is 11.8 Å². The van der Waals surface area contributed by atoms with Crippen molar-refractivity contribution < 1.29 is 9.18 Å². The summed E-state index contributed by atoms with van der Waals surface area (Å²) >= 11 is 10.7. The molecule has 0 atom stereocenters. The van der Waals surface area contributed by atoms with Gasteiger partial charge in [0, 0.05) is 5.56 Å². The molecule has 0 aliphatic heterocycles. The second kappa shape index (κ2) is 4.07. The molecule has 1 rings (SSSR count). The largest absolute Gasteiger partial charge is 0.291 e. The summed E-state index contributed by atoms with van der Waals surface area (Å²) in [6, 6.07) is 4.15. The molecule has 0 heterocycles. The Hall–Kier alpha value is -0.600. The number of Topliss-reactive ketones (excluding diaryl/α,β-unsaturated/α-hetero) is 1. The van der Waals surface area contributed by atoms with Gasteiger partial charge in [-0.2, -0.15) is 0 Å². The first kappa shape index (κ1) is 10.5. The van der Waals surface area contributed by atoms with E-state index in [4.69, 9.17) is 23.2 Å². The number of carbonyl (C=O) groups is 1. The van der Waals surface area contributed by atoms with E-state index in [1.807, 2.05) is 0 Å². The first-order valence-corrected chi connectivity index (χ1v) is 4.48. The van der Waals surface area contributed by atoms with Gasteiger partial charge >= 0.3 is 0 Å². The molecule has 1 aromatic rings. The summed E-state index contributed by atoms with van der Waals surface area (Å²) in [5.41, 5.74) is 0.676. The molecule has 0 radical (unpaired) electrons. The Balaban J connectivity index is 3.04. The van der Waals surface area contributed by atoms with Crippen molar-refractivity contribution in [3.05, 3.63) is 35.1 Å². The quantitative estimate of drug-likeness (QED) is 0.553. The SMILES string of the molecule is Cc1ccc(C(=O)C(Cl)Cl)cc1F. The predicted molar refractivity (Wildman–Crippen MR) is 51.0 cm³/mol. The van der Waals surface area contributed by atoms with Crippen LogP contribution in [0.2, 0.25) is 0 Å². The maximum atomic E-state index is 13.0. The Kier molecular flexibility index (Phi) is 3.28. The van der Waals surface area contributed by atoms with Crippen molar-refractivity contribution >= 4 is 29.0 Å². The van der Waals surface area contributed by atoms with Crippen molar-refractivity contribution in [1.82, 2.24) is 0 Å². The highest BCUT2D eigenvalue weighted by Gasteiger charge is 2.14. The van der Waals surface area contributed by atoms with Crippen LogP contribution in [0.15, 0.2) is 18.2 Å². The van der Waals surface area contributed by atoms with Crippen LogP contribution >= 0.6 is 23.2 Å². The summed E-state index contributed by atoms with van der Waals surface area (Å²) < 4.78 is 13.0. The molecule has 0 aromatic heterocycles. The first-order chi connectivity index (χ1) is 6.02. The van der Waals surface area contributed by atoms with Gasteiger partial charge in [0.1, 0.15) is 5.82 Å². The van der Waals surface area contributed by atoms with Gasteiger partial charge in [0.2, 0.25) is 0 Å². The van der Waals surface area contributed by atoms with Crippen molar-refractivity contribution in [2.75, 3.05) is 0 Å². The number of aryl methyl sites for hydroxylation is 1. The van der Waals surface area contributed by atoms with Crippen LogP contribution in [0.1, 0.15) is 15.9 Å². The Morgan fingerprint density at radius 3 is 2.54 bits per heavy atom. The molecule has 70 valence electrons. The molecule has 0 saturated heterocycles. The Morgan fingerprint density at radius 1 is 1.46 bits per heavy atom. The number of ketones is 1. The molecule has 1 aromatic carbocycles. The molecule has 0 amide bonds. The molecule has 0 N–H and O–H groups in total. The van der Waals surface area contributed by atoms with Gasteiger partial charge in [-0.05, 0) is 18.6 Å². The van der Waals surface area contributed by atoms with Gasteiger partial charge in [-0.3, -0.25) is 4.79 Å². The lowest BCUT2D eigenvalue weighted by molar-refractivity contribution is 0.101. The van der Waals surface area contributed by atoms with E-state index in [1.165, 1.54) is 12.1 Å². The fraction of sp³-hybridized carbons (Fsp3) is 0.222. The second-order valence-corrected chi connectivity index (χ2v) is 3.73. The van der Waals surface area contributed by atoms with E-state index in [0.717, 1.165) is 6.07 Å². The summed E-state index contributed by atoms with van der Waals surface area (Å²) in [4.78, 5) is 10.0. The third-order valence-corrected chi connectivity index (χ3v) is 2.05. The van der Waals surface area contributed by atoms with Gasteiger partial charge in [-0.15, -0.1) is 0 Å². The van der Waals surface area contributed by atoms with Crippen molar-refractivity contribution in [1.29, 1.82) is 0 Å². The molecule has 13 heavy (non-hydrogen) atoms. The maximum Gasteiger partial charge on any atom is 0.195 e. The summed E-state index contributed by atoms with van der Waals surface area (Å²) in [6.45, 7) is 1.61. The lowest BCUT2D eigenvalue weighted by Gasteiger charge is -2.02. The van der Waals surface area contributed by atoms with Gasteiger partial charge in [0.25, 0.3) is 0 Å². The Labute approximate surface area is 85.5 Å². The summed E-state index contributed by atoms with van der Waals surface area (Å²) in [5, 5.41) is 0. The van der Waals surface area contributed by atoms with Crippen LogP contribution in [0.5, 0.6) is 0 Å². The maximum absolute atomic E-state index is 13.0. The average molecular weight is 221 g/mol. The zero-order chi connectivity index (χ0) is 10.0. The third-order valence-electron chi connectivity index (χ3n) is 1.65. The predicted octanol–water partition coefficient (Wildman–Crippen LogP) is 3.12. The van der Waals surface area contributed by atoms with E-state index in [9.17, 15) is 9.18 Å². The fourth-order valence-electron chi connectivity index (χ4n) is 0.872. The van der Waals surface area contributed by atoms with Crippen LogP contribution in [-0.2, 0) is 0 Å². The zero-order valence-corrected chi connectivity index (χ0v) is 8.36.